The fourth-order valence-electron chi connectivity index (χ4n) is 0.553. The summed E-state index contributed by atoms with van der Waals surface area (Å²) in [7, 11) is 0. The highest BCUT2D eigenvalue weighted by molar-refractivity contribution is 7.99. The van der Waals surface area contributed by atoms with Gasteiger partial charge in [-0.3, -0.25) is 0 Å². The molecule has 0 aromatic carbocycles. The number of alkyl halides is 2. The highest BCUT2D eigenvalue weighted by atomic mass is 32.2. The molecule has 0 saturated carbocycles. The number of anilines is 1. The molecule has 1 aromatic heterocycles. The fraction of sp³-hybridized carbons (Fsp3) is 0.167. The van der Waals surface area contributed by atoms with Crippen molar-refractivity contribution in [1.82, 2.24) is 4.98 Å². The van der Waals surface area contributed by atoms with Gasteiger partial charge in [0.1, 0.15) is 5.03 Å². The normalized spacial score (nSPS) is 10.5. The maximum absolute atomic E-state index is 11.7. The van der Waals surface area contributed by atoms with Crippen molar-refractivity contribution in [2.45, 2.75) is 10.8 Å². The molecule has 0 amide bonds. The van der Waals surface area contributed by atoms with Gasteiger partial charge in [0.2, 0.25) is 0 Å². The first kappa shape index (κ1) is 8.26. The molecule has 0 aliphatic carbocycles. The van der Waals surface area contributed by atoms with Gasteiger partial charge in [0.25, 0.3) is 5.76 Å². The van der Waals surface area contributed by atoms with Crippen LogP contribution in [0.4, 0.5) is 14.5 Å². The molecule has 0 spiro atoms. The van der Waals surface area contributed by atoms with Crippen LogP contribution in [0.15, 0.2) is 23.4 Å². The average Bonchev–Trinajstić information content (AvgIpc) is 1.93. The average molecular weight is 176 g/mol. The van der Waals surface area contributed by atoms with Crippen LogP contribution in [0.1, 0.15) is 0 Å². The van der Waals surface area contributed by atoms with Crippen LogP contribution in [0.2, 0.25) is 0 Å². The Balaban J connectivity index is 2.66. The lowest BCUT2D eigenvalue weighted by Crippen LogP contribution is -1.88. The minimum Gasteiger partial charge on any atom is -0.397 e. The van der Waals surface area contributed by atoms with Crippen molar-refractivity contribution in [3.8, 4) is 0 Å². The number of hydrogen-bond donors (Lipinski definition) is 1. The monoisotopic (exact) mass is 176 g/mol. The van der Waals surface area contributed by atoms with Crippen LogP contribution in [0, 0.1) is 0 Å². The van der Waals surface area contributed by atoms with Crippen LogP contribution in [0.25, 0.3) is 0 Å². The second-order valence-electron chi connectivity index (χ2n) is 1.81. The molecular formula is C6H6F2N2S. The van der Waals surface area contributed by atoms with Crippen LogP contribution < -0.4 is 5.73 Å². The van der Waals surface area contributed by atoms with Gasteiger partial charge in [0.05, 0.1) is 11.9 Å². The lowest BCUT2D eigenvalue weighted by atomic mass is 10.4. The molecule has 2 N–H and O–H groups in total. The van der Waals surface area contributed by atoms with E-state index < -0.39 is 5.76 Å². The molecule has 0 saturated heterocycles. The number of nitrogens with two attached hydrogens (primary N) is 1. The first-order valence-electron chi connectivity index (χ1n) is 2.85. The van der Waals surface area contributed by atoms with Gasteiger partial charge in [0, 0.05) is 0 Å². The molecule has 0 aliphatic heterocycles. The SMILES string of the molecule is Nc1ccc(SC(F)F)nc1. The van der Waals surface area contributed by atoms with E-state index >= 15 is 0 Å². The number of rotatable bonds is 2. The summed E-state index contributed by atoms with van der Waals surface area (Å²) in [5, 5.41) is 0.286. The van der Waals surface area contributed by atoms with Gasteiger partial charge in [-0.05, 0) is 23.9 Å². The fourth-order valence-corrected chi connectivity index (χ4v) is 0.995. The Morgan fingerprint density at radius 2 is 2.18 bits per heavy atom. The van der Waals surface area contributed by atoms with Crippen molar-refractivity contribution >= 4 is 17.4 Å². The van der Waals surface area contributed by atoms with E-state index in [0.29, 0.717) is 17.4 Å². The van der Waals surface area contributed by atoms with Gasteiger partial charge < -0.3 is 5.73 Å². The second-order valence-corrected chi connectivity index (χ2v) is 2.82. The Morgan fingerprint density at radius 3 is 2.64 bits per heavy atom. The molecule has 1 aromatic rings. The van der Waals surface area contributed by atoms with Gasteiger partial charge in [0.15, 0.2) is 0 Å². The van der Waals surface area contributed by atoms with E-state index in [1.54, 1.807) is 0 Å². The third kappa shape index (κ3) is 2.71. The largest absolute Gasteiger partial charge is 0.397 e. The molecule has 1 rings (SSSR count). The molecule has 2 nitrogen and oxygen atoms in total. The Morgan fingerprint density at radius 1 is 1.45 bits per heavy atom. The van der Waals surface area contributed by atoms with Crippen molar-refractivity contribution in [2.75, 3.05) is 5.73 Å². The van der Waals surface area contributed by atoms with Crippen molar-refractivity contribution in [2.24, 2.45) is 0 Å². The zero-order valence-electron chi connectivity index (χ0n) is 5.50. The lowest BCUT2D eigenvalue weighted by molar-refractivity contribution is 0.252. The van der Waals surface area contributed by atoms with E-state index in [0.717, 1.165) is 0 Å². The summed E-state index contributed by atoms with van der Waals surface area (Å²) in [6.45, 7) is 0. The zero-order chi connectivity index (χ0) is 8.27. The number of halogens is 2. The molecule has 0 aliphatic rings. The van der Waals surface area contributed by atoms with E-state index in [9.17, 15) is 8.78 Å². The van der Waals surface area contributed by atoms with E-state index in [4.69, 9.17) is 5.73 Å². The molecule has 1 heterocycles. The highest BCUT2D eigenvalue weighted by Crippen LogP contribution is 2.22. The summed E-state index contributed by atoms with van der Waals surface area (Å²) in [5.74, 6) is -2.42. The van der Waals surface area contributed by atoms with Crippen LogP contribution in [-0.4, -0.2) is 10.7 Å². The predicted octanol–water partition coefficient (Wildman–Crippen LogP) is 1.98. The van der Waals surface area contributed by atoms with Crippen molar-refractivity contribution in [1.29, 1.82) is 0 Å². The maximum Gasteiger partial charge on any atom is 0.290 e. The van der Waals surface area contributed by atoms with E-state index in [1.807, 2.05) is 0 Å². The van der Waals surface area contributed by atoms with E-state index in [1.165, 1.54) is 18.3 Å². The standard InChI is InChI=1S/C6H6F2N2S/c7-6(8)11-5-2-1-4(9)3-10-5/h1-3,6H,9H2. The van der Waals surface area contributed by atoms with Gasteiger partial charge >= 0.3 is 0 Å². The Hall–Kier alpha value is -0.840. The summed E-state index contributed by atoms with van der Waals surface area (Å²) in [6.07, 6.45) is 1.35. The van der Waals surface area contributed by atoms with E-state index in [2.05, 4.69) is 4.98 Å². The number of thioether (sulfide) groups is 1. The topological polar surface area (TPSA) is 38.9 Å². The van der Waals surface area contributed by atoms with Crippen LogP contribution in [0.3, 0.4) is 0 Å². The summed E-state index contributed by atoms with van der Waals surface area (Å²) < 4.78 is 23.4. The second kappa shape index (κ2) is 3.52. The Kier molecular flexibility index (Phi) is 2.64. The van der Waals surface area contributed by atoms with Crippen molar-refractivity contribution in [3.63, 3.8) is 0 Å². The smallest absolute Gasteiger partial charge is 0.290 e. The first-order valence-corrected chi connectivity index (χ1v) is 3.73. The zero-order valence-corrected chi connectivity index (χ0v) is 6.31. The van der Waals surface area contributed by atoms with Crippen molar-refractivity contribution < 1.29 is 8.78 Å². The molecule has 0 fully saturated rings. The third-order valence-electron chi connectivity index (χ3n) is 0.969. The minimum atomic E-state index is -2.42. The van der Waals surface area contributed by atoms with Crippen LogP contribution in [0.5, 0.6) is 0 Å². The Bertz CT molecular complexity index is 225. The molecule has 60 valence electrons. The number of aromatic nitrogens is 1. The summed E-state index contributed by atoms with van der Waals surface area (Å²) in [4.78, 5) is 3.68. The highest BCUT2D eigenvalue weighted by Gasteiger charge is 2.04. The molecule has 0 atom stereocenters. The van der Waals surface area contributed by atoms with Gasteiger partial charge in [-0.15, -0.1) is 0 Å². The quantitative estimate of drug-likeness (QED) is 0.700. The van der Waals surface area contributed by atoms with Crippen LogP contribution >= 0.6 is 11.8 Å². The van der Waals surface area contributed by atoms with Gasteiger partial charge in [-0.1, -0.05) is 0 Å². The molecule has 0 bridgehead atoms. The van der Waals surface area contributed by atoms with E-state index in [-0.39, 0.29) is 5.03 Å². The molecule has 0 unspecified atom stereocenters. The molecule has 5 heteroatoms. The predicted molar refractivity (Wildman–Crippen MR) is 40.5 cm³/mol. The number of nitrogens with zero attached hydrogens (tertiary/aromatic N) is 1. The van der Waals surface area contributed by atoms with Gasteiger partial charge in [-0.2, -0.15) is 8.78 Å². The molecule has 11 heavy (non-hydrogen) atoms. The molecular weight excluding hydrogens is 170 g/mol. The lowest BCUT2D eigenvalue weighted by Gasteiger charge is -1.97. The summed E-state index contributed by atoms with van der Waals surface area (Å²) in [5.41, 5.74) is 5.77. The van der Waals surface area contributed by atoms with Crippen LogP contribution in [-0.2, 0) is 0 Å². The van der Waals surface area contributed by atoms with Crippen molar-refractivity contribution in [3.05, 3.63) is 18.3 Å². The number of nitrogen functional groups attached to an aromatic ring is 1. The first-order chi connectivity index (χ1) is 5.18. The third-order valence-corrected chi connectivity index (χ3v) is 1.63. The maximum atomic E-state index is 11.7. The summed E-state index contributed by atoms with van der Waals surface area (Å²) >= 11 is 0.407. The Labute approximate surface area is 66.8 Å². The molecule has 0 radical (unpaired) electrons. The summed E-state index contributed by atoms with van der Waals surface area (Å²) in [6, 6.07) is 3.00. The number of hydrogen-bond acceptors (Lipinski definition) is 3. The number of pyridine rings is 1. The minimum absolute atomic E-state index is 0.286. The van der Waals surface area contributed by atoms with Gasteiger partial charge in [-0.25, -0.2) is 4.98 Å².